The molecule has 0 aromatic heterocycles. The molecule has 4 nitrogen and oxygen atoms in total. The topological polar surface area (TPSA) is 30.9 Å². The molecule has 1 saturated heterocycles. The number of unbranched alkanes of at least 4 members (excludes halogenated alkanes) is 11. The van der Waals surface area contributed by atoms with Gasteiger partial charge in [0.2, 0.25) is 0 Å². The fraction of sp³-hybridized carbons (Fsp3) is 1.00. The van der Waals surface area contributed by atoms with E-state index in [0.29, 0.717) is 13.2 Å². The molecule has 31 heavy (non-hydrogen) atoms. The van der Waals surface area contributed by atoms with Crippen LogP contribution in [0, 0.1) is 0 Å². The summed E-state index contributed by atoms with van der Waals surface area (Å²) in [6.45, 7) is 11.5. The lowest BCUT2D eigenvalue weighted by Gasteiger charge is -2.22. The smallest absolute Gasteiger partial charge is 0.385 e. The van der Waals surface area contributed by atoms with E-state index in [9.17, 15) is 0 Å². The van der Waals surface area contributed by atoms with Crippen molar-refractivity contribution in [1.82, 2.24) is 4.90 Å². The number of thioether (sulfide) groups is 1. The van der Waals surface area contributed by atoms with Gasteiger partial charge in [-0.05, 0) is 38.1 Å². The third kappa shape index (κ3) is 17.4. The van der Waals surface area contributed by atoms with Crippen molar-refractivity contribution in [2.75, 3.05) is 44.4 Å². The molecule has 0 aromatic carbocycles. The second-order valence-electron chi connectivity index (χ2n) is 9.06. The molecular formula is C25H52BNO3S. The van der Waals surface area contributed by atoms with Crippen molar-refractivity contribution in [2.45, 2.75) is 117 Å². The van der Waals surface area contributed by atoms with Gasteiger partial charge in [0.05, 0.1) is 12.7 Å². The third-order valence-corrected chi connectivity index (χ3v) is 7.17. The molecule has 0 aromatic rings. The number of hydrogen-bond acceptors (Lipinski definition) is 5. The molecule has 0 N–H and O–H groups in total. The van der Waals surface area contributed by atoms with Crippen molar-refractivity contribution in [3.8, 4) is 0 Å². The first kappa shape index (κ1) is 29.3. The van der Waals surface area contributed by atoms with E-state index >= 15 is 0 Å². The molecular weight excluding hydrogens is 405 g/mol. The highest BCUT2D eigenvalue weighted by Gasteiger charge is 2.33. The Kier molecular flexibility index (Phi) is 20.8. The lowest BCUT2D eigenvalue weighted by atomic mass is 10.1. The normalized spacial score (nSPS) is 16.6. The number of rotatable bonds is 23. The first-order valence-electron chi connectivity index (χ1n) is 13.5. The van der Waals surface area contributed by atoms with Gasteiger partial charge >= 0.3 is 7.32 Å². The average molecular weight is 458 g/mol. The van der Waals surface area contributed by atoms with Crippen LogP contribution in [0.1, 0.15) is 111 Å². The van der Waals surface area contributed by atoms with Gasteiger partial charge in [0.15, 0.2) is 0 Å². The number of hydrogen-bond donors (Lipinski definition) is 0. The fourth-order valence-electron chi connectivity index (χ4n) is 3.88. The predicted molar refractivity (Wildman–Crippen MR) is 138 cm³/mol. The monoisotopic (exact) mass is 457 g/mol. The van der Waals surface area contributed by atoms with Gasteiger partial charge in [0.25, 0.3) is 0 Å². The highest BCUT2D eigenvalue weighted by Crippen LogP contribution is 2.17. The van der Waals surface area contributed by atoms with Crippen LogP contribution in [0.3, 0.4) is 0 Å². The third-order valence-electron chi connectivity index (χ3n) is 5.98. The Bertz CT molecular complexity index is 371. The van der Waals surface area contributed by atoms with Crippen molar-refractivity contribution in [2.24, 2.45) is 0 Å². The molecule has 184 valence electrons. The van der Waals surface area contributed by atoms with Crippen molar-refractivity contribution in [3.63, 3.8) is 0 Å². The summed E-state index contributed by atoms with van der Waals surface area (Å²) >= 11 is 2.01. The summed E-state index contributed by atoms with van der Waals surface area (Å²) in [7, 11) is -0.456. The lowest BCUT2D eigenvalue weighted by molar-refractivity contribution is 0.138. The van der Waals surface area contributed by atoms with Crippen molar-refractivity contribution in [3.05, 3.63) is 0 Å². The molecule has 6 heteroatoms. The summed E-state index contributed by atoms with van der Waals surface area (Å²) in [6, 6.07) is 0. The molecule has 0 amide bonds. The largest absolute Gasteiger partial charge is 0.639 e. The molecule has 1 heterocycles. The van der Waals surface area contributed by atoms with Crippen LogP contribution < -0.4 is 0 Å². The zero-order chi connectivity index (χ0) is 22.4. The maximum Gasteiger partial charge on any atom is 0.639 e. The highest BCUT2D eigenvalue weighted by atomic mass is 32.2. The zero-order valence-corrected chi connectivity index (χ0v) is 21.9. The molecule has 0 saturated carbocycles. The summed E-state index contributed by atoms with van der Waals surface area (Å²) in [5, 5.41) is 0. The van der Waals surface area contributed by atoms with E-state index < -0.39 is 7.32 Å². The van der Waals surface area contributed by atoms with E-state index in [4.69, 9.17) is 14.0 Å². The van der Waals surface area contributed by atoms with Crippen LogP contribution in [0.2, 0.25) is 0 Å². The number of nitrogens with zero attached hydrogens (tertiary/aromatic N) is 1. The lowest BCUT2D eigenvalue weighted by Crippen LogP contribution is -2.32. The van der Waals surface area contributed by atoms with Crippen LogP contribution in [0.4, 0.5) is 0 Å². The van der Waals surface area contributed by atoms with Crippen LogP contribution in [0.15, 0.2) is 0 Å². The Labute approximate surface area is 199 Å². The van der Waals surface area contributed by atoms with Crippen molar-refractivity contribution < 1.29 is 14.0 Å². The molecule has 1 rings (SSSR count). The minimum atomic E-state index is -0.456. The quantitative estimate of drug-likeness (QED) is 0.122. The molecule has 0 bridgehead atoms. The average Bonchev–Trinajstić information content (AvgIpc) is 3.23. The zero-order valence-electron chi connectivity index (χ0n) is 21.1. The van der Waals surface area contributed by atoms with E-state index in [1.54, 1.807) is 0 Å². The van der Waals surface area contributed by atoms with Gasteiger partial charge in [-0.15, -0.1) is 0 Å². The highest BCUT2D eigenvalue weighted by molar-refractivity contribution is 7.99. The van der Waals surface area contributed by atoms with Gasteiger partial charge in [-0.25, -0.2) is 0 Å². The van der Waals surface area contributed by atoms with E-state index in [-0.39, 0.29) is 6.10 Å². The predicted octanol–water partition coefficient (Wildman–Crippen LogP) is 6.96. The standard InChI is InChI=1S/C25H52BNO3S/c1-4-7-10-11-12-13-14-15-16-17-22-31-24-25-23-29-26(30-25)28-21-20-27(18-8-5-2)19-9-6-3/h25H,4-24H2,1-3H3. The molecule has 0 radical (unpaired) electrons. The molecule has 1 unspecified atom stereocenters. The molecule has 1 aliphatic heterocycles. The first-order chi connectivity index (χ1) is 15.3. The Balaban J connectivity index is 1.92. The second kappa shape index (κ2) is 22.1. The minimum Gasteiger partial charge on any atom is -0.385 e. The molecule has 1 aliphatic rings. The van der Waals surface area contributed by atoms with Crippen LogP contribution in [0.25, 0.3) is 0 Å². The Morgan fingerprint density at radius 3 is 1.97 bits per heavy atom. The minimum absolute atomic E-state index is 0.189. The molecule has 0 spiro atoms. The summed E-state index contributed by atoms with van der Waals surface area (Å²) in [5.41, 5.74) is 0. The summed E-state index contributed by atoms with van der Waals surface area (Å²) < 4.78 is 17.5. The summed E-state index contributed by atoms with van der Waals surface area (Å²) in [4.78, 5) is 2.52. The van der Waals surface area contributed by atoms with Gasteiger partial charge in [0, 0.05) is 18.9 Å². The van der Waals surface area contributed by atoms with Crippen molar-refractivity contribution in [1.29, 1.82) is 0 Å². The Morgan fingerprint density at radius 2 is 1.35 bits per heavy atom. The van der Waals surface area contributed by atoms with Crippen molar-refractivity contribution >= 4 is 19.1 Å². The van der Waals surface area contributed by atoms with Gasteiger partial charge in [0.1, 0.15) is 0 Å². The van der Waals surface area contributed by atoms with Gasteiger partial charge in [-0.2, -0.15) is 11.8 Å². The van der Waals surface area contributed by atoms with E-state index in [1.165, 1.54) is 109 Å². The maximum atomic E-state index is 5.92. The van der Waals surface area contributed by atoms with Gasteiger partial charge in [-0.3, -0.25) is 0 Å². The molecule has 1 atom stereocenters. The van der Waals surface area contributed by atoms with Crippen LogP contribution >= 0.6 is 11.8 Å². The van der Waals surface area contributed by atoms with Crippen LogP contribution in [0.5, 0.6) is 0 Å². The second-order valence-corrected chi connectivity index (χ2v) is 10.2. The molecule has 0 aliphatic carbocycles. The summed E-state index contributed by atoms with van der Waals surface area (Å²) in [6.07, 6.45) is 19.2. The van der Waals surface area contributed by atoms with Crippen LogP contribution in [-0.4, -0.2) is 62.7 Å². The Hall–Kier alpha value is 0.255. The fourth-order valence-corrected chi connectivity index (χ4v) is 4.89. The maximum absolute atomic E-state index is 5.92. The van der Waals surface area contributed by atoms with Crippen LogP contribution in [-0.2, 0) is 14.0 Å². The molecule has 1 fully saturated rings. The van der Waals surface area contributed by atoms with Gasteiger partial charge < -0.3 is 18.9 Å². The Morgan fingerprint density at radius 1 is 0.774 bits per heavy atom. The summed E-state index contributed by atoms with van der Waals surface area (Å²) in [5.74, 6) is 2.27. The first-order valence-corrected chi connectivity index (χ1v) is 14.6. The van der Waals surface area contributed by atoms with Gasteiger partial charge in [-0.1, -0.05) is 91.4 Å². The van der Waals surface area contributed by atoms with E-state index in [2.05, 4.69) is 25.7 Å². The van der Waals surface area contributed by atoms with E-state index in [0.717, 1.165) is 12.3 Å². The SMILES string of the molecule is CCCCCCCCCCCCSCC1COB(OCCN(CCCC)CCCC)O1. The van der Waals surface area contributed by atoms with E-state index in [1.807, 2.05) is 11.8 Å².